The van der Waals surface area contributed by atoms with Crippen molar-refractivity contribution in [2.45, 2.75) is 25.6 Å². The van der Waals surface area contributed by atoms with Crippen LogP contribution in [0.4, 0.5) is 20.2 Å². The number of aryl methyl sites for hydroxylation is 3. The predicted molar refractivity (Wildman–Crippen MR) is 124 cm³/mol. The fourth-order valence-electron chi connectivity index (χ4n) is 4.78. The van der Waals surface area contributed by atoms with Gasteiger partial charge in [0, 0.05) is 66.5 Å². The number of rotatable bonds is 4. The third kappa shape index (κ3) is 3.68. The zero-order valence-corrected chi connectivity index (χ0v) is 18.9. The van der Waals surface area contributed by atoms with Crippen LogP contribution in [0.2, 0.25) is 5.02 Å². The number of alkyl halides is 2. The Morgan fingerprint density at radius 2 is 1.85 bits per heavy atom. The van der Waals surface area contributed by atoms with Gasteiger partial charge in [-0.05, 0) is 48.2 Å². The van der Waals surface area contributed by atoms with E-state index in [1.807, 2.05) is 17.0 Å². The van der Waals surface area contributed by atoms with E-state index in [0.717, 1.165) is 24.1 Å². The summed E-state index contributed by atoms with van der Waals surface area (Å²) < 4.78 is 31.6. The maximum atomic E-state index is 14.1. The molecule has 0 unspecified atom stereocenters. The number of aliphatic hydroxyl groups excluding tert-OH is 1. The quantitative estimate of drug-likeness (QED) is 0.399. The van der Waals surface area contributed by atoms with E-state index >= 15 is 0 Å². The maximum Gasteiger partial charge on any atom is 0.264 e. The van der Waals surface area contributed by atoms with E-state index in [1.54, 1.807) is 54.1 Å². The van der Waals surface area contributed by atoms with Crippen LogP contribution in [-0.4, -0.2) is 31.1 Å². The van der Waals surface area contributed by atoms with Gasteiger partial charge in [-0.15, -0.1) is 0 Å². The van der Waals surface area contributed by atoms with Crippen molar-refractivity contribution in [3.05, 3.63) is 64.6 Å². The van der Waals surface area contributed by atoms with E-state index in [1.165, 1.54) is 0 Å². The number of hydrogen-bond donors (Lipinski definition) is 2. The second-order valence-electron chi connectivity index (χ2n) is 8.42. The van der Waals surface area contributed by atoms with Crippen molar-refractivity contribution in [1.29, 1.82) is 0 Å². The van der Waals surface area contributed by atoms with Crippen LogP contribution >= 0.6 is 11.6 Å². The smallest absolute Gasteiger partial charge is 0.264 e. The molecular formula is C24H23ClF2N4O2. The number of aliphatic hydroxyl groups is 2. The van der Waals surface area contributed by atoms with E-state index in [2.05, 4.69) is 5.10 Å². The normalized spacial score (nSPS) is 14.0. The fourth-order valence-corrected chi connectivity index (χ4v) is 5.12. The van der Waals surface area contributed by atoms with Gasteiger partial charge in [0.25, 0.3) is 6.43 Å². The summed E-state index contributed by atoms with van der Waals surface area (Å²) in [6, 6.07) is 7.03. The molecule has 9 heteroatoms. The standard InChI is InChI=1S/C24H23ClF2N4O2/c1-29-12-19(24(32)33)17-7-15(8-20(25)22(17)29)31-5-3-4-13-6-16(14-10-28-30(2)11-14)18(23(26)27)9-21(13)31/h6-12,23-24,32-33H,3-5H2,1-2H3. The van der Waals surface area contributed by atoms with Gasteiger partial charge in [-0.1, -0.05) is 11.6 Å². The van der Waals surface area contributed by atoms with E-state index < -0.39 is 12.7 Å². The molecule has 6 nitrogen and oxygen atoms in total. The maximum absolute atomic E-state index is 14.1. The Hall–Kier alpha value is -2.94. The van der Waals surface area contributed by atoms with Crippen molar-refractivity contribution < 1.29 is 19.0 Å². The van der Waals surface area contributed by atoms with Crippen LogP contribution in [-0.2, 0) is 20.5 Å². The van der Waals surface area contributed by atoms with Crippen molar-refractivity contribution in [3.63, 3.8) is 0 Å². The summed E-state index contributed by atoms with van der Waals surface area (Å²) in [7, 11) is 3.54. The summed E-state index contributed by atoms with van der Waals surface area (Å²) in [5.74, 6) is 0. The monoisotopic (exact) mass is 472 g/mol. The van der Waals surface area contributed by atoms with Gasteiger partial charge in [-0.2, -0.15) is 5.10 Å². The molecule has 4 aromatic rings. The average molecular weight is 473 g/mol. The predicted octanol–water partition coefficient (Wildman–Crippen LogP) is 5.24. The molecule has 2 aromatic heterocycles. The van der Waals surface area contributed by atoms with Gasteiger partial charge < -0.3 is 19.7 Å². The highest BCUT2D eigenvalue weighted by Crippen LogP contribution is 2.43. The molecule has 2 N–H and O–H groups in total. The van der Waals surface area contributed by atoms with Gasteiger partial charge >= 0.3 is 0 Å². The lowest BCUT2D eigenvalue weighted by Gasteiger charge is -2.33. The molecule has 0 spiro atoms. The lowest BCUT2D eigenvalue weighted by atomic mass is 9.92. The molecule has 5 rings (SSSR count). The van der Waals surface area contributed by atoms with Crippen LogP contribution in [0.1, 0.15) is 35.8 Å². The molecule has 172 valence electrons. The summed E-state index contributed by atoms with van der Waals surface area (Å²) in [4.78, 5) is 1.98. The van der Waals surface area contributed by atoms with E-state index in [0.29, 0.717) is 44.8 Å². The van der Waals surface area contributed by atoms with E-state index in [4.69, 9.17) is 11.6 Å². The van der Waals surface area contributed by atoms with Gasteiger partial charge in [-0.25, -0.2) is 8.78 Å². The second kappa shape index (κ2) is 8.13. The number of nitrogens with zero attached hydrogens (tertiary/aromatic N) is 4. The number of aromatic nitrogens is 3. The van der Waals surface area contributed by atoms with Gasteiger partial charge in [0.1, 0.15) is 0 Å². The van der Waals surface area contributed by atoms with Crippen molar-refractivity contribution in [1.82, 2.24) is 14.3 Å². The molecule has 0 atom stereocenters. The van der Waals surface area contributed by atoms with Crippen molar-refractivity contribution in [2.24, 2.45) is 14.1 Å². The summed E-state index contributed by atoms with van der Waals surface area (Å²) in [6.45, 7) is 0.633. The van der Waals surface area contributed by atoms with Crippen LogP contribution in [0.15, 0.2) is 42.9 Å². The van der Waals surface area contributed by atoms with Gasteiger partial charge in [-0.3, -0.25) is 4.68 Å². The average Bonchev–Trinajstić information content (AvgIpc) is 3.35. The van der Waals surface area contributed by atoms with Crippen LogP contribution in [0.5, 0.6) is 0 Å². The summed E-state index contributed by atoms with van der Waals surface area (Å²) >= 11 is 6.58. The molecule has 0 aliphatic carbocycles. The molecule has 0 fully saturated rings. The Balaban J connectivity index is 1.68. The topological polar surface area (TPSA) is 66.4 Å². The van der Waals surface area contributed by atoms with Crippen molar-refractivity contribution in [3.8, 4) is 11.1 Å². The van der Waals surface area contributed by atoms with E-state index in [-0.39, 0.29) is 5.56 Å². The molecule has 0 saturated carbocycles. The van der Waals surface area contributed by atoms with Gasteiger partial charge in [0.15, 0.2) is 6.29 Å². The number of halogens is 3. The summed E-state index contributed by atoms with van der Waals surface area (Å²) in [5.41, 5.74) is 4.51. The minimum Gasteiger partial charge on any atom is -0.364 e. The molecule has 0 bridgehead atoms. The number of anilines is 2. The fraction of sp³-hybridized carbons (Fsp3) is 0.292. The lowest BCUT2D eigenvalue weighted by molar-refractivity contribution is -0.0414. The van der Waals surface area contributed by atoms with Crippen LogP contribution in [0.3, 0.4) is 0 Å². The first-order valence-corrected chi connectivity index (χ1v) is 11.0. The Morgan fingerprint density at radius 3 is 2.52 bits per heavy atom. The first-order valence-electron chi connectivity index (χ1n) is 10.6. The molecular weight excluding hydrogens is 450 g/mol. The van der Waals surface area contributed by atoms with Crippen LogP contribution < -0.4 is 4.90 Å². The third-order valence-corrected chi connectivity index (χ3v) is 6.54. The Labute approximate surface area is 194 Å². The molecule has 1 aliphatic heterocycles. The Bertz CT molecular complexity index is 1360. The molecule has 0 radical (unpaired) electrons. The number of benzene rings is 2. The van der Waals surface area contributed by atoms with Crippen molar-refractivity contribution in [2.75, 3.05) is 11.4 Å². The summed E-state index contributed by atoms with van der Waals surface area (Å²) in [6.07, 6.45) is 2.27. The molecule has 1 aliphatic rings. The minimum absolute atomic E-state index is 0.0491. The second-order valence-corrected chi connectivity index (χ2v) is 8.83. The Kier molecular flexibility index (Phi) is 5.39. The largest absolute Gasteiger partial charge is 0.364 e. The summed E-state index contributed by atoms with van der Waals surface area (Å²) in [5, 5.41) is 24.8. The number of fused-ring (bicyclic) bond motifs is 2. The van der Waals surface area contributed by atoms with Gasteiger partial charge in [0.05, 0.1) is 16.7 Å². The highest BCUT2D eigenvalue weighted by Gasteiger charge is 2.26. The molecule has 2 aromatic carbocycles. The molecule has 3 heterocycles. The lowest BCUT2D eigenvalue weighted by Crippen LogP contribution is -2.25. The molecule has 33 heavy (non-hydrogen) atoms. The first-order chi connectivity index (χ1) is 15.7. The Morgan fingerprint density at radius 1 is 1.06 bits per heavy atom. The molecule has 0 amide bonds. The van der Waals surface area contributed by atoms with Crippen LogP contribution in [0.25, 0.3) is 22.0 Å². The highest BCUT2D eigenvalue weighted by atomic mass is 35.5. The SMILES string of the molecule is Cn1cc(-c2cc3c(cc2C(F)F)N(c2cc(Cl)c4c(c2)c(C(O)O)cn4C)CCC3)cn1. The third-order valence-electron chi connectivity index (χ3n) is 6.25. The first kappa shape index (κ1) is 21.9. The van der Waals surface area contributed by atoms with Crippen LogP contribution in [0, 0.1) is 0 Å². The van der Waals surface area contributed by atoms with Crippen molar-refractivity contribution >= 4 is 33.9 Å². The zero-order valence-electron chi connectivity index (χ0n) is 18.1. The van der Waals surface area contributed by atoms with Gasteiger partial charge in [0.2, 0.25) is 0 Å². The number of hydrogen-bond acceptors (Lipinski definition) is 4. The highest BCUT2D eigenvalue weighted by molar-refractivity contribution is 6.35. The zero-order chi connectivity index (χ0) is 23.4. The minimum atomic E-state index is -2.65. The molecule has 0 saturated heterocycles. The van der Waals surface area contributed by atoms with E-state index in [9.17, 15) is 19.0 Å².